The molecule has 1 atom stereocenters. The topological polar surface area (TPSA) is 66.8 Å². The van der Waals surface area contributed by atoms with E-state index in [2.05, 4.69) is 47.7 Å². The van der Waals surface area contributed by atoms with Crippen LogP contribution in [0.25, 0.3) is 0 Å². The fourth-order valence-corrected chi connectivity index (χ4v) is 3.68. The van der Waals surface area contributed by atoms with Crippen LogP contribution in [0.5, 0.6) is 0 Å². The molecule has 24 heavy (non-hydrogen) atoms. The van der Waals surface area contributed by atoms with Crippen LogP contribution in [0.2, 0.25) is 0 Å². The number of pyridine rings is 1. The first kappa shape index (κ1) is 15.2. The van der Waals surface area contributed by atoms with Gasteiger partial charge in [0.25, 0.3) is 0 Å². The zero-order chi connectivity index (χ0) is 16.2. The van der Waals surface area contributed by atoms with Crippen molar-refractivity contribution in [2.45, 2.75) is 25.4 Å². The molecular weight excluding hydrogens is 320 g/mol. The van der Waals surface area contributed by atoms with Gasteiger partial charge < -0.3 is 5.32 Å². The molecule has 0 saturated carbocycles. The van der Waals surface area contributed by atoms with Gasteiger partial charge in [-0.3, -0.25) is 9.88 Å². The van der Waals surface area contributed by atoms with Crippen molar-refractivity contribution < 1.29 is 0 Å². The highest BCUT2D eigenvalue weighted by atomic mass is 32.1. The van der Waals surface area contributed by atoms with Crippen LogP contribution in [-0.2, 0) is 6.54 Å². The summed E-state index contributed by atoms with van der Waals surface area (Å²) < 4.78 is 0. The molecule has 0 aliphatic carbocycles. The average Bonchev–Trinajstić information content (AvgIpc) is 3.28. The standard InChI is InChI=1S/C17H18N6S/c1-2-15(23(7-1)10-14-11-24-12-21-14)13-3-4-19-16(8-13)22-17-9-18-5-6-20-17/h3-6,8-9,11-12,15H,1-2,7,10H2,(H,19,20,22)/t15-/m0/s1. The summed E-state index contributed by atoms with van der Waals surface area (Å²) in [5.74, 6) is 1.50. The fourth-order valence-electron chi connectivity index (χ4n) is 3.13. The van der Waals surface area contributed by atoms with Crippen LogP contribution in [-0.4, -0.2) is 31.4 Å². The van der Waals surface area contributed by atoms with E-state index < -0.39 is 0 Å². The van der Waals surface area contributed by atoms with E-state index in [9.17, 15) is 0 Å². The van der Waals surface area contributed by atoms with Gasteiger partial charge in [0.15, 0.2) is 0 Å². The summed E-state index contributed by atoms with van der Waals surface area (Å²) in [6.07, 6.45) is 9.25. The summed E-state index contributed by atoms with van der Waals surface area (Å²) in [4.78, 5) is 19.6. The molecule has 0 radical (unpaired) electrons. The molecule has 4 heterocycles. The summed E-state index contributed by atoms with van der Waals surface area (Å²) >= 11 is 1.65. The normalized spacial score (nSPS) is 17.9. The molecule has 1 aliphatic heterocycles. The lowest BCUT2D eigenvalue weighted by molar-refractivity contribution is 0.246. The van der Waals surface area contributed by atoms with Crippen molar-refractivity contribution >= 4 is 23.0 Å². The van der Waals surface area contributed by atoms with Crippen LogP contribution in [0.1, 0.15) is 30.1 Å². The van der Waals surface area contributed by atoms with E-state index in [-0.39, 0.29) is 0 Å². The highest BCUT2D eigenvalue weighted by Gasteiger charge is 2.26. The molecule has 1 N–H and O–H groups in total. The molecule has 3 aromatic heterocycles. The molecule has 1 aliphatic rings. The van der Waals surface area contributed by atoms with Crippen molar-refractivity contribution in [2.75, 3.05) is 11.9 Å². The van der Waals surface area contributed by atoms with Gasteiger partial charge in [-0.25, -0.2) is 15.0 Å². The Hall–Kier alpha value is -2.38. The van der Waals surface area contributed by atoms with Crippen molar-refractivity contribution in [3.63, 3.8) is 0 Å². The van der Waals surface area contributed by atoms with Gasteiger partial charge in [0, 0.05) is 36.6 Å². The molecule has 122 valence electrons. The Balaban J connectivity index is 1.51. The van der Waals surface area contributed by atoms with Gasteiger partial charge in [-0.1, -0.05) is 0 Å². The van der Waals surface area contributed by atoms with E-state index in [1.165, 1.54) is 18.4 Å². The van der Waals surface area contributed by atoms with Crippen molar-refractivity contribution in [1.29, 1.82) is 0 Å². The summed E-state index contributed by atoms with van der Waals surface area (Å²) in [7, 11) is 0. The van der Waals surface area contributed by atoms with Crippen LogP contribution in [0.4, 0.5) is 11.6 Å². The first-order valence-corrected chi connectivity index (χ1v) is 8.93. The predicted octanol–water partition coefficient (Wildman–Crippen LogP) is 3.41. The highest BCUT2D eigenvalue weighted by molar-refractivity contribution is 7.07. The van der Waals surface area contributed by atoms with E-state index in [4.69, 9.17) is 0 Å². The van der Waals surface area contributed by atoms with Gasteiger partial charge in [0.05, 0.1) is 17.4 Å². The zero-order valence-corrected chi connectivity index (χ0v) is 14.0. The molecule has 0 unspecified atom stereocenters. The van der Waals surface area contributed by atoms with Gasteiger partial charge in [-0.2, -0.15) is 0 Å². The Morgan fingerprint density at radius 2 is 2.12 bits per heavy atom. The van der Waals surface area contributed by atoms with Crippen LogP contribution in [0.15, 0.2) is 47.8 Å². The van der Waals surface area contributed by atoms with Crippen LogP contribution < -0.4 is 5.32 Å². The summed E-state index contributed by atoms with van der Waals surface area (Å²) in [6, 6.07) is 4.63. The molecular formula is C17H18N6S. The second-order valence-electron chi connectivity index (χ2n) is 5.80. The molecule has 0 amide bonds. The highest BCUT2D eigenvalue weighted by Crippen LogP contribution is 2.33. The predicted molar refractivity (Wildman–Crippen MR) is 94.1 cm³/mol. The van der Waals surface area contributed by atoms with Crippen LogP contribution in [0.3, 0.4) is 0 Å². The van der Waals surface area contributed by atoms with E-state index in [0.717, 1.165) is 24.6 Å². The Bertz CT molecular complexity index is 777. The smallest absolute Gasteiger partial charge is 0.150 e. The van der Waals surface area contributed by atoms with Gasteiger partial charge in [0.1, 0.15) is 11.6 Å². The maximum atomic E-state index is 4.42. The second-order valence-corrected chi connectivity index (χ2v) is 6.52. The molecule has 7 heteroatoms. The van der Waals surface area contributed by atoms with Crippen molar-refractivity contribution in [1.82, 2.24) is 24.8 Å². The zero-order valence-electron chi connectivity index (χ0n) is 13.2. The average molecular weight is 338 g/mol. The summed E-state index contributed by atoms with van der Waals surface area (Å²) in [5.41, 5.74) is 4.33. The molecule has 0 aromatic carbocycles. The number of thiazole rings is 1. The largest absolute Gasteiger partial charge is 0.324 e. The van der Waals surface area contributed by atoms with Gasteiger partial charge >= 0.3 is 0 Å². The Morgan fingerprint density at radius 1 is 1.17 bits per heavy atom. The number of hydrogen-bond acceptors (Lipinski definition) is 7. The number of hydrogen-bond donors (Lipinski definition) is 1. The van der Waals surface area contributed by atoms with Crippen molar-refractivity contribution in [3.8, 4) is 0 Å². The minimum atomic E-state index is 0.414. The Labute approximate surface area is 144 Å². The Morgan fingerprint density at radius 3 is 2.96 bits per heavy atom. The molecule has 1 fully saturated rings. The molecule has 1 saturated heterocycles. The number of nitrogens with one attached hydrogen (secondary N) is 1. The van der Waals surface area contributed by atoms with E-state index >= 15 is 0 Å². The quantitative estimate of drug-likeness (QED) is 0.769. The van der Waals surface area contributed by atoms with E-state index in [1.54, 1.807) is 29.9 Å². The van der Waals surface area contributed by atoms with Crippen molar-refractivity contribution in [3.05, 3.63) is 59.1 Å². The maximum absolute atomic E-state index is 4.42. The Kier molecular flexibility index (Phi) is 4.44. The summed E-state index contributed by atoms with van der Waals surface area (Å²) in [5, 5.41) is 5.34. The number of aromatic nitrogens is 4. The maximum Gasteiger partial charge on any atom is 0.150 e. The third kappa shape index (κ3) is 3.42. The first-order valence-electron chi connectivity index (χ1n) is 7.98. The van der Waals surface area contributed by atoms with Gasteiger partial charge in [-0.15, -0.1) is 11.3 Å². The minimum Gasteiger partial charge on any atom is -0.324 e. The first-order chi connectivity index (χ1) is 11.9. The lowest BCUT2D eigenvalue weighted by Crippen LogP contribution is -2.23. The SMILES string of the molecule is c1cnc(Nc2cc([C@@H]3CCCN3Cc3cscn3)ccn2)cn1. The van der Waals surface area contributed by atoms with Gasteiger partial charge in [-0.05, 0) is 37.1 Å². The lowest BCUT2D eigenvalue weighted by atomic mass is 10.1. The van der Waals surface area contributed by atoms with Crippen molar-refractivity contribution in [2.24, 2.45) is 0 Å². The third-order valence-electron chi connectivity index (χ3n) is 4.20. The van der Waals surface area contributed by atoms with E-state index in [0.29, 0.717) is 11.9 Å². The van der Waals surface area contributed by atoms with Crippen LogP contribution in [0, 0.1) is 0 Å². The number of rotatable bonds is 5. The van der Waals surface area contributed by atoms with Crippen LogP contribution >= 0.6 is 11.3 Å². The fraction of sp³-hybridized carbons (Fsp3) is 0.294. The number of likely N-dealkylation sites (tertiary alicyclic amines) is 1. The minimum absolute atomic E-state index is 0.414. The molecule has 3 aromatic rings. The third-order valence-corrected chi connectivity index (χ3v) is 4.84. The monoisotopic (exact) mass is 338 g/mol. The number of nitrogens with zero attached hydrogens (tertiary/aromatic N) is 5. The molecule has 4 rings (SSSR count). The molecule has 0 bridgehead atoms. The summed E-state index contributed by atoms with van der Waals surface area (Å²) in [6.45, 7) is 2.01. The lowest BCUT2D eigenvalue weighted by Gasteiger charge is -2.24. The van der Waals surface area contributed by atoms with E-state index in [1.807, 2.05) is 11.7 Å². The second kappa shape index (κ2) is 7.02. The number of anilines is 2. The molecule has 0 spiro atoms. The van der Waals surface area contributed by atoms with Gasteiger partial charge in [0.2, 0.25) is 0 Å². The molecule has 6 nitrogen and oxygen atoms in total.